The van der Waals surface area contributed by atoms with Crippen LogP contribution in [-0.4, -0.2) is 52.2 Å². The van der Waals surface area contributed by atoms with Crippen molar-refractivity contribution in [2.75, 3.05) is 25.0 Å². The molecule has 1 amide bonds. The topological polar surface area (TPSA) is 86.6 Å². The first-order valence-corrected chi connectivity index (χ1v) is 12.3. The number of carbonyl (C=O) groups is 2. The number of benzene rings is 2. The number of halogens is 2. The third-order valence-corrected chi connectivity index (χ3v) is 6.83. The van der Waals surface area contributed by atoms with Crippen LogP contribution in [0.25, 0.3) is 10.6 Å². The van der Waals surface area contributed by atoms with Gasteiger partial charge in [0.05, 0.1) is 17.1 Å². The Bertz CT molecular complexity index is 1160. The maximum absolute atomic E-state index is 13.3. The maximum atomic E-state index is 13.3. The first-order chi connectivity index (χ1) is 16.2. The van der Waals surface area contributed by atoms with Crippen molar-refractivity contribution in [3.8, 4) is 10.6 Å². The van der Waals surface area contributed by atoms with E-state index in [0.717, 1.165) is 40.1 Å². The van der Waals surface area contributed by atoms with Gasteiger partial charge in [-0.05, 0) is 68.3 Å². The Balaban J connectivity index is 0.00000432. The minimum atomic E-state index is -0.852. The summed E-state index contributed by atoms with van der Waals surface area (Å²) in [5.74, 6) is -1.04. The lowest BCUT2D eigenvalue weighted by Crippen LogP contribution is -2.32. The van der Waals surface area contributed by atoms with Crippen LogP contribution in [0.5, 0.6) is 0 Å². The van der Waals surface area contributed by atoms with Crippen molar-refractivity contribution in [2.45, 2.75) is 40.2 Å². The molecule has 0 aliphatic carbocycles. The Morgan fingerprint density at radius 2 is 1.77 bits per heavy atom. The van der Waals surface area contributed by atoms with Crippen molar-refractivity contribution in [1.29, 1.82) is 0 Å². The lowest BCUT2D eigenvalue weighted by atomic mass is 9.99. The van der Waals surface area contributed by atoms with Crippen LogP contribution in [0.4, 0.5) is 5.13 Å². The second kappa shape index (κ2) is 13.0. The van der Waals surface area contributed by atoms with E-state index in [4.69, 9.17) is 16.7 Å². The number of amides is 1. The first-order valence-electron chi connectivity index (χ1n) is 11.1. The zero-order chi connectivity index (χ0) is 24.8. The van der Waals surface area contributed by atoms with Crippen LogP contribution in [-0.2, 0) is 11.3 Å². The summed E-state index contributed by atoms with van der Waals surface area (Å²) >= 11 is 7.65. The Hall–Kier alpha value is -2.52. The van der Waals surface area contributed by atoms with Crippen molar-refractivity contribution in [2.24, 2.45) is 0 Å². The van der Waals surface area contributed by atoms with E-state index in [-0.39, 0.29) is 24.9 Å². The summed E-state index contributed by atoms with van der Waals surface area (Å²) in [6.07, 6.45) is 1.77. The quantitative estimate of drug-likeness (QED) is 0.349. The first kappa shape index (κ1) is 28.7. The molecule has 0 spiro atoms. The summed E-state index contributed by atoms with van der Waals surface area (Å²) in [6, 6.07) is 11.1. The summed E-state index contributed by atoms with van der Waals surface area (Å²) in [6.45, 7) is 7.15. The third-order valence-electron chi connectivity index (χ3n) is 5.51. The van der Waals surface area contributed by atoms with E-state index in [1.807, 2.05) is 26.0 Å². The van der Waals surface area contributed by atoms with Crippen LogP contribution >= 0.6 is 35.3 Å². The van der Waals surface area contributed by atoms with Gasteiger partial charge in [-0.3, -0.25) is 19.4 Å². The van der Waals surface area contributed by atoms with Crippen molar-refractivity contribution < 1.29 is 14.7 Å². The van der Waals surface area contributed by atoms with E-state index >= 15 is 0 Å². The number of aryl methyl sites for hydroxylation is 2. The zero-order valence-corrected chi connectivity index (χ0v) is 22.6. The Kier molecular flexibility index (Phi) is 10.6. The lowest BCUT2D eigenvalue weighted by molar-refractivity contribution is -0.138. The highest BCUT2D eigenvalue weighted by molar-refractivity contribution is 7.18. The van der Waals surface area contributed by atoms with E-state index < -0.39 is 5.97 Å². The highest BCUT2D eigenvalue weighted by Crippen LogP contribution is 2.33. The Labute approximate surface area is 221 Å². The van der Waals surface area contributed by atoms with Crippen LogP contribution in [0, 0.1) is 13.8 Å². The van der Waals surface area contributed by atoms with Gasteiger partial charge in [-0.1, -0.05) is 48.4 Å². The van der Waals surface area contributed by atoms with Crippen LogP contribution in [0.2, 0.25) is 5.02 Å². The van der Waals surface area contributed by atoms with Crippen molar-refractivity contribution in [1.82, 2.24) is 15.1 Å². The molecule has 7 nitrogen and oxygen atoms in total. The minimum absolute atomic E-state index is 0. The number of unbranched alkanes of at least 4 members (excludes halogenated alkanes) is 1. The average molecular weight is 538 g/mol. The molecule has 3 rings (SSSR count). The normalized spacial score (nSPS) is 10.8. The molecule has 0 bridgehead atoms. The number of carboxylic acids is 1. The predicted octanol–water partition coefficient (Wildman–Crippen LogP) is 5.86. The molecule has 0 fully saturated rings. The molecule has 0 saturated carbocycles. The Morgan fingerprint density at radius 3 is 2.37 bits per heavy atom. The van der Waals surface area contributed by atoms with E-state index in [2.05, 4.69) is 17.1 Å². The lowest BCUT2D eigenvalue weighted by Gasteiger charge is -2.19. The van der Waals surface area contributed by atoms with Gasteiger partial charge in [0.1, 0.15) is 5.01 Å². The molecule has 10 heteroatoms. The fraction of sp³-hybridized carbons (Fsp3) is 0.360. The number of carbonyl (C=O) groups excluding carboxylic acids is 1. The van der Waals surface area contributed by atoms with Crippen molar-refractivity contribution in [3.63, 3.8) is 0 Å². The van der Waals surface area contributed by atoms with E-state index in [1.165, 1.54) is 11.3 Å². The number of rotatable bonds is 10. The molecule has 0 unspecified atom stereocenters. The van der Waals surface area contributed by atoms with Crippen molar-refractivity contribution in [3.05, 3.63) is 63.7 Å². The number of anilines is 1. The molecule has 1 N–H and O–H groups in total. The van der Waals surface area contributed by atoms with Crippen LogP contribution in [0.3, 0.4) is 0 Å². The molecular weight excluding hydrogens is 507 g/mol. The summed E-state index contributed by atoms with van der Waals surface area (Å²) in [5, 5.41) is 19.4. The molecule has 0 radical (unpaired) electrons. The minimum Gasteiger partial charge on any atom is -0.480 e. The smallest absolute Gasteiger partial charge is 0.317 e. The van der Waals surface area contributed by atoms with Crippen LogP contribution in [0.1, 0.15) is 46.8 Å². The number of carboxylic acid groups (broad SMARTS) is 1. The van der Waals surface area contributed by atoms with Gasteiger partial charge in [0.2, 0.25) is 5.13 Å². The van der Waals surface area contributed by atoms with E-state index in [9.17, 15) is 9.59 Å². The second-order valence-corrected chi connectivity index (χ2v) is 9.70. The molecule has 1 heterocycles. The molecule has 0 saturated heterocycles. The third kappa shape index (κ3) is 7.24. The summed E-state index contributed by atoms with van der Waals surface area (Å²) in [7, 11) is 1.79. The average Bonchev–Trinajstić information content (AvgIpc) is 3.26. The van der Waals surface area contributed by atoms with Gasteiger partial charge in [0.25, 0.3) is 5.91 Å². The van der Waals surface area contributed by atoms with Gasteiger partial charge in [-0.25, -0.2) is 0 Å². The molecule has 0 aliphatic rings. The fourth-order valence-corrected chi connectivity index (χ4v) is 4.82. The number of likely N-dealkylation sites (N-methyl/N-ethyl adjacent to an activating group) is 1. The monoisotopic (exact) mass is 536 g/mol. The molecule has 0 aliphatic heterocycles. The van der Waals surface area contributed by atoms with E-state index in [1.54, 1.807) is 41.1 Å². The standard InChI is InChI=1S/C25H29ClN4O3S.ClH/c1-5-6-11-30(24(33)19-9-7-8-10-21(19)26)25-28-27-23(34-25)18-12-16(2)20(17(3)13-18)14-29(4)15-22(31)32;/h7-10,12-13H,5-6,11,14-15H2,1-4H3,(H,31,32);1H. The highest BCUT2D eigenvalue weighted by atomic mass is 35.5. The molecule has 188 valence electrons. The molecule has 3 aromatic rings. The highest BCUT2D eigenvalue weighted by Gasteiger charge is 2.23. The van der Waals surface area contributed by atoms with Crippen molar-refractivity contribution >= 4 is 52.4 Å². The van der Waals surface area contributed by atoms with Crippen LogP contribution in [0.15, 0.2) is 36.4 Å². The SMILES string of the molecule is CCCCN(C(=O)c1ccccc1Cl)c1nnc(-c2cc(C)c(CN(C)CC(=O)O)c(C)c2)s1.Cl. The van der Waals surface area contributed by atoms with E-state index in [0.29, 0.717) is 28.8 Å². The number of hydrogen-bond acceptors (Lipinski definition) is 6. The van der Waals surface area contributed by atoms with Crippen LogP contribution < -0.4 is 4.90 Å². The van der Waals surface area contributed by atoms with Gasteiger partial charge >= 0.3 is 5.97 Å². The van der Waals surface area contributed by atoms with Gasteiger partial charge < -0.3 is 5.11 Å². The summed E-state index contributed by atoms with van der Waals surface area (Å²) in [4.78, 5) is 27.7. The number of aromatic nitrogens is 2. The largest absolute Gasteiger partial charge is 0.480 e. The Morgan fingerprint density at radius 1 is 1.11 bits per heavy atom. The molecule has 2 aromatic carbocycles. The van der Waals surface area contributed by atoms with Gasteiger partial charge in [-0.2, -0.15) is 0 Å². The number of aliphatic carboxylic acids is 1. The predicted molar refractivity (Wildman–Crippen MR) is 144 cm³/mol. The molecule has 35 heavy (non-hydrogen) atoms. The molecule has 0 atom stereocenters. The fourth-order valence-electron chi connectivity index (χ4n) is 3.74. The summed E-state index contributed by atoms with van der Waals surface area (Å²) < 4.78 is 0. The van der Waals surface area contributed by atoms with Gasteiger partial charge in [0.15, 0.2) is 0 Å². The second-order valence-electron chi connectivity index (χ2n) is 8.33. The maximum Gasteiger partial charge on any atom is 0.317 e. The zero-order valence-electron chi connectivity index (χ0n) is 20.2. The summed E-state index contributed by atoms with van der Waals surface area (Å²) in [5.41, 5.74) is 4.57. The van der Waals surface area contributed by atoms with Gasteiger partial charge in [0, 0.05) is 18.7 Å². The number of hydrogen-bond donors (Lipinski definition) is 1. The number of nitrogens with zero attached hydrogens (tertiary/aromatic N) is 4. The molecule has 1 aromatic heterocycles. The molecular formula is C25H30Cl2N4O3S. The van der Waals surface area contributed by atoms with Gasteiger partial charge in [-0.15, -0.1) is 22.6 Å².